The Kier molecular flexibility index (Phi) is 8.14. The molecule has 8 nitrogen and oxygen atoms in total. The standard InChI is InChI=1S/C18H27N3O3S2.C2HF3O2/c1-17(2,3)25(22)20-16-15-6-5-14(21-26(4,23)24)11-13(15)12-18(16)7-9-19-10-8-18;3-2(4,5)1(6)7/h5-6,11,19,21H,7-10,12H2,1-4H3;(H,6,7)/b20-16+;. The van der Waals surface area contributed by atoms with Gasteiger partial charge in [-0.1, -0.05) is 10.5 Å². The first-order valence-electron chi connectivity index (χ1n) is 10.1. The minimum absolute atomic E-state index is 0.113. The third kappa shape index (κ3) is 7.33. The fourth-order valence-corrected chi connectivity index (χ4v) is 4.95. The zero-order chi connectivity index (χ0) is 25.2. The van der Waals surface area contributed by atoms with Gasteiger partial charge >= 0.3 is 12.1 Å². The quantitative estimate of drug-likeness (QED) is 0.535. The topological polar surface area (TPSA) is 131 Å². The number of sulfonamides is 1. The SMILES string of the molecule is CC(C)(C)[S+]([O-])/N=C1\c2ccc(NS(C)(=O)=O)cc2CC12CCNCC2.O=C(O)C(F)(F)F. The number of aliphatic carboxylic acids is 1. The predicted octanol–water partition coefficient (Wildman–Crippen LogP) is 2.87. The van der Waals surface area contributed by atoms with Crippen LogP contribution in [0.2, 0.25) is 0 Å². The second-order valence-electron chi connectivity index (χ2n) is 9.06. The molecule has 2 aliphatic rings. The van der Waals surface area contributed by atoms with E-state index in [1.165, 1.54) is 0 Å². The number of anilines is 1. The van der Waals surface area contributed by atoms with Crippen LogP contribution in [0.3, 0.4) is 0 Å². The summed E-state index contributed by atoms with van der Waals surface area (Å²) in [7, 11) is -3.32. The summed E-state index contributed by atoms with van der Waals surface area (Å²) >= 11 is -1.33. The first-order chi connectivity index (χ1) is 14.9. The molecule has 1 atom stereocenters. The van der Waals surface area contributed by atoms with Crippen LogP contribution in [0.1, 0.15) is 44.7 Å². The van der Waals surface area contributed by atoms with Gasteiger partial charge in [0.05, 0.1) is 6.26 Å². The fourth-order valence-electron chi connectivity index (χ4n) is 3.67. The Morgan fingerprint density at radius 2 is 1.79 bits per heavy atom. The van der Waals surface area contributed by atoms with Gasteiger partial charge in [-0.05, 0) is 70.8 Å². The minimum Gasteiger partial charge on any atom is -0.591 e. The van der Waals surface area contributed by atoms with Crippen LogP contribution < -0.4 is 10.0 Å². The molecule has 1 unspecified atom stereocenters. The molecule has 1 aromatic rings. The van der Waals surface area contributed by atoms with E-state index in [0.29, 0.717) is 5.69 Å². The Morgan fingerprint density at radius 1 is 1.24 bits per heavy atom. The molecular weight excluding hydrogens is 483 g/mol. The van der Waals surface area contributed by atoms with Crippen molar-refractivity contribution >= 4 is 38.8 Å². The average molecular weight is 512 g/mol. The number of rotatable bonds is 3. The number of alkyl halides is 3. The van der Waals surface area contributed by atoms with Crippen LogP contribution in [0, 0.1) is 5.41 Å². The van der Waals surface area contributed by atoms with Gasteiger partial charge in [-0.25, -0.2) is 13.2 Å². The number of nitrogens with zero attached hydrogens (tertiary/aromatic N) is 1. The predicted molar refractivity (Wildman–Crippen MR) is 121 cm³/mol. The van der Waals surface area contributed by atoms with Gasteiger partial charge < -0.3 is 15.0 Å². The second-order valence-corrected chi connectivity index (χ2v) is 12.7. The van der Waals surface area contributed by atoms with Crippen molar-refractivity contribution in [3.8, 4) is 0 Å². The molecule has 3 N–H and O–H groups in total. The van der Waals surface area contributed by atoms with Crippen LogP contribution in [0.25, 0.3) is 0 Å². The van der Waals surface area contributed by atoms with E-state index in [2.05, 4.69) is 10.0 Å². The van der Waals surface area contributed by atoms with Crippen molar-refractivity contribution in [2.24, 2.45) is 9.81 Å². The molecule has 0 saturated carbocycles. The molecule has 0 radical (unpaired) electrons. The molecule has 0 aromatic heterocycles. The van der Waals surface area contributed by atoms with E-state index in [1.807, 2.05) is 32.9 Å². The van der Waals surface area contributed by atoms with Crippen LogP contribution in [-0.4, -0.2) is 60.0 Å². The third-order valence-electron chi connectivity index (χ3n) is 5.20. The number of halogens is 3. The normalized spacial score (nSPS) is 20.1. The Morgan fingerprint density at radius 3 is 2.24 bits per heavy atom. The summed E-state index contributed by atoms with van der Waals surface area (Å²) in [5.74, 6) is -2.76. The van der Waals surface area contributed by atoms with E-state index in [1.54, 1.807) is 6.07 Å². The van der Waals surface area contributed by atoms with Gasteiger partial charge in [0.1, 0.15) is 21.8 Å². The zero-order valence-corrected chi connectivity index (χ0v) is 20.4. The summed E-state index contributed by atoms with van der Waals surface area (Å²) in [6.07, 6.45) is -1.25. The van der Waals surface area contributed by atoms with E-state index >= 15 is 0 Å². The maximum Gasteiger partial charge on any atom is 0.490 e. The van der Waals surface area contributed by atoms with Gasteiger partial charge in [0.25, 0.3) is 0 Å². The van der Waals surface area contributed by atoms with E-state index < -0.39 is 38.3 Å². The molecule has 1 spiro atoms. The number of carboxylic acids is 1. The summed E-state index contributed by atoms with van der Waals surface area (Å²) in [6, 6.07) is 5.57. The zero-order valence-electron chi connectivity index (χ0n) is 18.7. The Balaban J connectivity index is 0.000000479. The highest BCUT2D eigenvalue weighted by Gasteiger charge is 2.46. The summed E-state index contributed by atoms with van der Waals surface area (Å²) < 4.78 is 74.3. The molecule has 0 bridgehead atoms. The summed E-state index contributed by atoms with van der Waals surface area (Å²) in [5.41, 5.74) is 3.45. The fraction of sp³-hybridized carbons (Fsp3) is 0.600. The van der Waals surface area contributed by atoms with E-state index in [0.717, 1.165) is 55.4 Å². The Labute approximate surface area is 194 Å². The van der Waals surface area contributed by atoms with Gasteiger partial charge in [0.15, 0.2) is 0 Å². The van der Waals surface area contributed by atoms with Crippen molar-refractivity contribution < 1.29 is 36.0 Å². The molecule has 1 aliphatic carbocycles. The lowest BCUT2D eigenvalue weighted by molar-refractivity contribution is -0.192. The van der Waals surface area contributed by atoms with E-state index in [-0.39, 0.29) is 5.41 Å². The van der Waals surface area contributed by atoms with Crippen LogP contribution >= 0.6 is 0 Å². The molecule has 3 rings (SSSR count). The second kappa shape index (κ2) is 9.80. The molecule has 33 heavy (non-hydrogen) atoms. The lowest BCUT2D eigenvalue weighted by Gasteiger charge is -2.34. The Hall–Kier alpha value is -1.83. The summed E-state index contributed by atoms with van der Waals surface area (Å²) in [6.45, 7) is 7.60. The number of hydrogen-bond acceptors (Lipinski definition) is 6. The molecule has 1 aromatic carbocycles. The number of nitrogens with one attached hydrogen (secondary N) is 2. The molecular formula is C20H28F3N3O5S2. The van der Waals surface area contributed by atoms with Crippen LogP contribution in [-0.2, 0) is 32.6 Å². The number of piperidine rings is 1. The van der Waals surface area contributed by atoms with Gasteiger partial charge in [-0.3, -0.25) is 4.72 Å². The van der Waals surface area contributed by atoms with Crippen LogP contribution in [0.4, 0.5) is 18.9 Å². The number of benzene rings is 1. The van der Waals surface area contributed by atoms with Crippen molar-refractivity contribution in [1.29, 1.82) is 0 Å². The van der Waals surface area contributed by atoms with Crippen LogP contribution in [0.15, 0.2) is 22.6 Å². The maximum absolute atomic E-state index is 12.7. The molecule has 13 heteroatoms. The van der Waals surface area contributed by atoms with Crippen molar-refractivity contribution in [2.75, 3.05) is 24.1 Å². The van der Waals surface area contributed by atoms with Crippen molar-refractivity contribution in [3.63, 3.8) is 0 Å². The highest BCUT2D eigenvalue weighted by atomic mass is 32.2. The van der Waals surface area contributed by atoms with E-state index in [4.69, 9.17) is 14.3 Å². The Bertz CT molecular complexity index is 1010. The molecule has 1 heterocycles. The van der Waals surface area contributed by atoms with Crippen molar-refractivity contribution in [3.05, 3.63) is 29.3 Å². The number of carboxylic acid groups (broad SMARTS) is 1. The van der Waals surface area contributed by atoms with Crippen molar-refractivity contribution in [1.82, 2.24) is 5.32 Å². The molecule has 1 aliphatic heterocycles. The molecule has 186 valence electrons. The molecule has 1 saturated heterocycles. The summed E-state index contributed by atoms with van der Waals surface area (Å²) in [5, 5.41) is 10.5. The number of carbonyl (C=O) groups is 1. The summed E-state index contributed by atoms with van der Waals surface area (Å²) in [4.78, 5) is 8.90. The largest absolute Gasteiger partial charge is 0.591 e. The van der Waals surface area contributed by atoms with Crippen molar-refractivity contribution in [2.45, 2.75) is 51.0 Å². The lowest BCUT2D eigenvalue weighted by Crippen LogP contribution is -2.41. The maximum atomic E-state index is 12.7. The minimum atomic E-state index is -5.08. The van der Waals surface area contributed by atoms with Gasteiger partial charge in [0.2, 0.25) is 10.0 Å². The monoisotopic (exact) mass is 511 g/mol. The third-order valence-corrected chi connectivity index (χ3v) is 7.20. The van der Waals surface area contributed by atoms with Gasteiger partial charge in [-0.2, -0.15) is 13.2 Å². The lowest BCUT2D eigenvalue weighted by atomic mass is 9.75. The van der Waals surface area contributed by atoms with Crippen LogP contribution in [0.5, 0.6) is 0 Å². The smallest absolute Gasteiger partial charge is 0.490 e. The highest BCUT2D eigenvalue weighted by molar-refractivity contribution is 7.92. The van der Waals surface area contributed by atoms with Gasteiger partial charge in [-0.15, -0.1) is 0 Å². The molecule has 1 fully saturated rings. The van der Waals surface area contributed by atoms with E-state index in [9.17, 15) is 26.1 Å². The number of fused-ring (bicyclic) bond motifs is 1. The van der Waals surface area contributed by atoms with Gasteiger partial charge in [0, 0.05) is 16.7 Å². The first-order valence-corrected chi connectivity index (χ1v) is 13.1. The average Bonchev–Trinajstić information content (AvgIpc) is 2.92. The first kappa shape index (κ1) is 27.4. The number of hydrogen-bond donors (Lipinski definition) is 3. The highest BCUT2D eigenvalue weighted by Crippen LogP contribution is 2.45. The molecule has 0 amide bonds.